The normalized spacial score (nSPS) is 23.8. The van der Waals surface area contributed by atoms with E-state index in [1.165, 1.54) is 25.9 Å². The number of piperazine rings is 1. The third-order valence-corrected chi connectivity index (χ3v) is 6.40. The summed E-state index contributed by atoms with van der Waals surface area (Å²) in [6.07, 6.45) is 8.47. The Hall–Kier alpha value is -1.93. The molecule has 154 valence electrons. The number of anilines is 1. The lowest BCUT2D eigenvalue weighted by Gasteiger charge is -2.45. The molecule has 8 heteroatoms. The Morgan fingerprint density at radius 1 is 1.07 bits per heavy atom. The molecule has 0 bridgehead atoms. The SMILES string of the molecule is CN=C(NCC1(N2CCCC2)CCOCC1)N1CCN(c2ncccn2)CC1. The number of guanidine groups is 1. The maximum absolute atomic E-state index is 5.68. The number of aliphatic imine (C=N–C) groups is 1. The highest BCUT2D eigenvalue weighted by atomic mass is 16.5. The Labute approximate surface area is 168 Å². The van der Waals surface area contributed by atoms with E-state index in [0.29, 0.717) is 0 Å². The molecule has 3 aliphatic rings. The second-order valence-corrected chi connectivity index (χ2v) is 7.95. The summed E-state index contributed by atoms with van der Waals surface area (Å²) in [4.78, 5) is 20.6. The fraction of sp³-hybridized carbons (Fsp3) is 0.750. The van der Waals surface area contributed by atoms with Crippen LogP contribution in [0, 0.1) is 0 Å². The largest absolute Gasteiger partial charge is 0.381 e. The van der Waals surface area contributed by atoms with Crippen molar-refractivity contribution >= 4 is 11.9 Å². The number of hydrogen-bond donors (Lipinski definition) is 1. The molecule has 1 aromatic rings. The van der Waals surface area contributed by atoms with Gasteiger partial charge in [-0.3, -0.25) is 9.89 Å². The molecular formula is C20H33N7O. The van der Waals surface area contributed by atoms with E-state index in [-0.39, 0.29) is 5.54 Å². The molecule has 3 saturated heterocycles. The average Bonchev–Trinajstić information content (AvgIpc) is 3.32. The van der Waals surface area contributed by atoms with Gasteiger partial charge >= 0.3 is 0 Å². The van der Waals surface area contributed by atoms with Crippen molar-refractivity contribution in [2.45, 2.75) is 31.2 Å². The zero-order valence-corrected chi connectivity index (χ0v) is 17.0. The molecule has 0 saturated carbocycles. The van der Waals surface area contributed by atoms with Gasteiger partial charge in [0.05, 0.1) is 0 Å². The van der Waals surface area contributed by atoms with Gasteiger partial charge in [-0.1, -0.05) is 0 Å². The first-order valence-corrected chi connectivity index (χ1v) is 10.6. The highest BCUT2D eigenvalue weighted by Crippen LogP contribution is 2.30. The lowest BCUT2D eigenvalue weighted by molar-refractivity contribution is -0.0166. The van der Waals surface area contributed by atoms with Crippen LogP contribution in [-0.2, 0) is 4.74 Å². The quantitative estimate of drug-likeness (QED) is 0.606. The van der Waals surface area contributed by atoms with E-state index < -0.39 is 0 Å². The number of hydrogen-bond acceptors (Lipinski definition) is 6. The number of nitrogens with zero attached hydrogens (tertiary/aromatic N) is 6. The Morgan fingerprint density at radius 3 is 2.39 bits per heavy atom. The molecule has 0 spiro atoms. The van der Waals surface area contributed by atoms with Gasteiger partial charge < -0.3 is 19.9 Å². The number of ether oxygens (including phenoxy) is 1. The number of likely N-dealkylation sites (tertiary alicyclic amines) is 1. The predicted molar refractivity (Wildman–Crippen MR) is 111 cm³/mol. The molecule has 0 unspecified atom stereocenters. The van der Waals surface area contributed by atoms with Crippen LogP contribution < -0.4 is 10.2 Å². The summed E-state index contributed by atoms with van der Waals surface area (Å²) < 4.78 is 5.68. The van der Waals surface area contributed by atoms with Gasteiger partial charge in [0.1, 0.15) is 0 Å². The zero-order valence-electron chi connectivity index (χ0n) is 17.0. The summed E-state index contributed by atoms with van der Waals surface area (Å²) in [6.45, 7) is 8.80. The summed E-state index contributed by atoms with van der Waals surface area (Å²) in [5, 5.41) is 3.71. The van der Waals surface area contributed by atoms with Crippen molar-refractivity contribution in [3.05, 3.63) is 18.5 Å². The first-order chi connectivity index (χ1) is 13.8. The highest BCUT2D eigenvalue weighted by molar-refractivity contribution is 5.80. The number of rotatable bonds is 4. The molecule has 4 rings (SSSR count). The van der Waals surface area contributed by atoms with Gasteiger partial charge in [0.2, 0.25) is 5.95 Å². The van der Waals surface area contributed by atoms with E-state index in [1.807, 2.05) is 13.1 Å². The Bertz CT molecular complexity index is 633. The van der Waals surface area contributed by atoms with Gasteiger partial charge in [0.25, 0.3) is 0 Å². The van der Waals surface area contributed by atoms with Crippen molar-refractivity contribution in [1.29, 1.82) is 0 Å². The monoisotopic (exact) mass is 387 g/mol. The fourth-order valence-electron chi connectivity index (χ4n) is 4.70. The van der Waals surface area contributed by atoms with Crippen molar-refractivity contribution in [2.75, 3.05) is 71.0 Å². The van der Waals surface area contributed by atoms with Crippen LogP contribution in [0.25, 0.3) is 0 Å². The molecule has 1 aromatic heterocycles. The van der Waals surface area contributed by atoms with Gasteiger partial charge in [-0.2, -0.15) is 0 Å². The van der Waals surface area contributed by atoms with E-state index in [4.69, 9.17) is 4.74 Å². The van der Waals surface area contributed by atoms with Crippen molar-refractivity contribution in [3.63, 3.8) is 0 Å². The maximum Gasteiger partial charge on any atom is 0.225 e. The van der Waals surface area contributed by atoms with Gasteiger partial charge in [-0.05, 0) is 44.8 Å². The molecule has 3 aliphatic heterocycles. The molecular weight excluding hydrogens is 354 g/mol. The van der Waals surface area contributed by atoms with Crippen LogP contribution in [0.15, 0.2) is 23.5 Å². The molecule has 0 radical (unpaired) electrons. The van der Waals surface area contributed by atoms with E-state index in [2.05, 4.69) is 35.0 Å². The lowest BCUT2D eigenvalue weighted by Crippen LogP contribution is -2.60. The van der Waals surface area contributed by atoms with Crippen LogP contribution in [0.3, 0.4) is 0 Å². The number of nitrogens with one attached hydrogen (secondary N) is 1. The molecule has 8 nitrogen and oxygen atoms in total. The van der Waals surface area contributed by atoms with Crippen LogP contribution >= 0.6 is 0 Å². The smallest absolute Gasteiger partial charge is 0.225 e. The molecule has 4 heterocycles. The summed E-state index contributed by atoms with van der Waals surface area (Å²) in [6, 6.07) is 1.86. The predicted octanol–water partition coefficient (Wildman–Crippen LogP) is 0.819. The molecule has 0 aliphatic carbocycles. The Balaban J connectivity index is 1.34. The van der Waals surface area contributed by atoms with E-state index in [0.717, 1.165) is 70.7 Å². The molecule has 1 N–H and O–H groups in total. The van der Waals surface area contributed by atoms with Crippen molar-refractivity contribution in [2.24, 2.45) is 4.99 Å². The third-order valence-electron chi connectivity index (χ3n) is 6.40. The minimum Gasteiger partial charge on any atom is -0.381 e. The summed E-state index contributed by atoms with van der Waals surface area (Å²) in [5.74, 6) is 1.83. The molecule has 0 aromatic carbocycles. The van der Waals surface area contributed by atoms with Gasteiger partial charge in [-0.25, -0.2) is 9.97 Å². The third kappa shape index (κ3) is 4.22. The minimum atomic E-state index is 0.213. The van der Waals surface area contributed by atoms with Crippen LogP contribution in [0.5, 0.6) is 0 Å². The number of aromatic nitrogens is 2. The van der Waals surface area contributed by atoms with Crippen molar-refractivity contribution in [3.8, 4) is 0 Å². The Morgan fingerprint density at radius 2 is 1.75 bits per heavy atom. The van der Waals surface area contributed by atoms with E-state index >= 15 is 0 Å². The van der Waals surface area contributed by atoms with Crippen LogP contribution in [0.1, 0.15) is 25.7 Å². The molecule has 0 amide bonds. The lowest BCUT2D eigenvalue weighted by atomic mass is 9.88. The average molecular weight is 388 g/mol. The first-order valence-electron chi connectivity index (χ1n) is 10.6. The summed E-state index contributed by atoms with van der Waals surface area (Å²) in [7, 11) is 1.89. The van der Waals surface area contributed by atoms with E-state index in [1.54, 1.807) is 12.4 Å². The molecule has 28 heavy (non-hydrogen) atoms. The summed E-state index contributed by atoms with van der Waals surface area (Å²) >= 11 is 0. The van der Waals surface area contributed by atoms with Gasteiger partial charge in [0, 0.05) is 70.9 Å². The van der Waals surface area contributed by atoms with Crippen molar-refractivity contribution < 1.29 is 4.74 Å². The first kappa shape index (κ1) is 19.4. The standard InChI is InChI=1S/C20H33N7O/c1-21-18(25-11-13-26(14-12-25)19-22-7-4-8-23-19)24-17-20(5-15-28-16-6-20)27-9-2-3-10-27/h4,7-8H,2-3,5-6,9-17H2,1H3,(H,21,24). The van der Waals surface area contributed by atoms with Gasteiger partial charge in [-0.15, -0.1) is 0 Å². The fourth-order valence-corrected chi connectivity index (χ4v) is 4.70. The van der Waals surface area contributed by atoms with E-state index in [9.17, 15) is 0 Å². The topological polar surface area (TPSA) is 69.1 Å². The van der Waals surface area contributed by atoms with Crippen LogP contribution in [0.2, 0.25) is 0 Å². The van der Waals surface area contributed by atoms with Crippen LogP contribution in [-0.4, -0.2) is 97.3 Å². The minimum absolute atomic E-state index is 0.213. The van der Waals surface area contributed by atoms with Crippen molar-refractivity contribution in [1.82, 2.24) is 25.1 Å². The maximum atomic E-state index is 5.68. The second kappa shape index (κ2) is 9.05. The molecule has 3 fully saturated rings. The Kier molecular flexibility index (Phi) is 6.26. The molecule has 0 atom stereocenters. The second-order valence-electron chi connectivity index (χ2n) is 7.95. The van der Waals surface area contributed by atoms with Crippen LogP contribution in [0.4, 0.5) is 5.95 Å². The highest BCUT2D eigenvalue weighted by Gasteiger charge is 2.40. The zero-order chi connectivity index (χ0) is 19.2. The van der Waals surface area contributed by atoms with Gasteiger partial charge in [0.15, 0.2) is 5.96 Å². The summed E-state index contributed by atoms with van der Waals surface area (Å²) in [5.41, 5.74) is 0.213.